The summed E-state index contributed by atoms with van der Waals surface area (Å²) >= 11 is 0. The number of aromatic amines is 1. The molecule has 0 saturated heterocycles. The number of hydrogen-bond acceptors (Lipinski definition) is 3. The highest BCUT2D eigenvalue weighted by atomic mass is 16.5. The van der Waals surface area contributed by atoms with Crippen molar-refractivity contribution in [1.82, 2.24) is 4.98 Å². The Hall–Kier alpha value is -2.10. The van der Waals surface area contributed by atoms with Gasteiger partial charge in [0.1, 0.15) is 12.1 Å². The Labute approximate surface area is 93.1 Å². The molecule has 3 rings (SSSR count). The van der Waals surface area contributed by atoms with Gasteiger partial charge in [0.15, 0.2) is 6.40 Å². The standard InChI is InChI=1S/C9H8N2.C3H5NO/c10-9-6-5-7-3-1-2-4-8(7)11-9;1-2-5-3-4-1/h1-6H,(H2,10,11);3H,1-2H2. The van der Waals surface area contributed by atoms with E-state index in [4.69, 9.17) is 5.41 Å². The van der Waals surface area contributed by atoms with Crippen LogP contribution in [0, 0.1) is 5.41 Å². The number of nitrogens with one attached hydrogen (secondary N) is 2. The van der Waals surface area contributed by atoms with E-state index in [0.717, 1.165) is 24.1 Å². The molecular weight excluding hydrogens is 202 g/mol. The van der Waals surface area contributed by atoms with Gasteiger partial charge in [-0.15, -0.1) is 0 Å². The van der Waals surface area contributed by atoms with Gasteiger partial charge in [0.05, 0.1) is 6.54 Å². The quantitative estimate of drug-likeness (QED) is 0.690. The van der Waals surface area contributed by atoms with Gasteiger partial charge in [0.25, 0.3) is 0 Å². The lowest BCUT2D eigenvalue weighted by Crippen LogP contribution is -2.01. The van der Waals surface area contributed by atoms with Gasteiger partial charge >= 0.3 is 0 Å². The molecular formula is C12H13N3O. The van der Waals surface area contributed by atoms with Crippen molar-refractivity contribution in [3.8, 4) is 0 Å². The van der Waals surface area contributed by atoms with Crippen molar-refractivity contribution in [1.29, 1.82) is 5.41 Å². The second kappa shape index (κ2) is 5.11. The Morgan fingerprint density at radius 2 is 2.06 bits per heavy atom. The van der Waals surface area contributed by atoms with Crippen LogP contribution in [-0.2, 0) is 4.74 Å². The Morgan fingerprint density at radius 1 is 1.19 bits per heavy atom. The molecule has 4 nitrogen and oxygen atoms in total. The zero-order valence-electron chi connectivity index (χ0n) is 8.81. The van der Waals surface area contributed by atoms with Crippen molar-refractivity contribution < 1.29 is 4.74 Å². The zero-order valence-corrected chi connectivity index (χ0v) is 8.81. The smallest absolute Gasteiger partial charge is 0.169 e. The largest absolute Gasteiger partial charge is 0.482 e. The Kier molecular flexibility index (Phi) is 3.33. The number of pyridine rings is 1. The number of fused-ring (bicyclic) bond motifs is 1. The summed E-state index contributed by atoms with van der Waals surface area (Å²) in [6, 6.07) is 11.6. The minimum Gasteiger partial charge on any atom is -0.482 e. The predicted molar refractivity (Wildman–Crippen MR) is 63.5 cm³/mol. The lowest BCUT2D eigenvalue weighted by atomic mass is 10.2. The molecule has 0 unspecified atom stereocenters. The molecule has 2 aromatic rings. The average molecular weight is 215 g/mol. The normalized spacial score (nSPS) is 13.0. The van der Waals surface area contributed by atoms with E-state index in [1.165, 1.54) is 6.40 Å². The van der Waals surface area contributed by atoms with E-state index < -0.39 is 0 Å². The van der Waals surface area contributed by atoms with Crippen molar-refractivity contribution in [2.45, 2.75) is 0 Å². The first-order valence-corrected chi connectivity index (χ1v) is 5.09. The first-order chi connectivity index (χ1) is 7.86. The van der Waals surface area contributed by atoms with Crippen molar-refractivity contribution in [3.63, 3.8) is 0 Å². The monoisotopic (exact) mass is 215 g/mol. The Balaban J connectivity index is 0.000000162. The van der Waals surface area contributed by atoms with Crippen LogP contribution in [0.2, 0.25) is 0 Å². The van der Waals surface area contributed by atoms with Crippen LogP contribution in [0.1, 0.15) is 0 Å². The molecule has 0 amide bonds. The van der Waals surface area contributed by atoms with Crippen LogP contribution in [0.15, 0.2) is 41.4 Å². The van der Waals surface area contributed by atoms with Crippen LogP contribution in [0.5, 0.6) is 0 Å². The summed E-state index contributed by atoms with van der Waals surface area (Å²) in [7, 11) is 0. The number of rotatable bonds is 0. The van der Waals surface area contributed by atoms with Crippen LogP contribution in [0.25, 0.3) is 10.9 Å². The van der Waals surface area contributed by atoms with E-state index in [1.807, 2.05) is 30.3 Å². The summed E-state index contributed by atoms with van der Waals surface area (Å²) < 4.78 is 4.65. The fourth-order valence-electron chi connectivity index (χ4n) is 1.38. The molecule has 0 fully saturated rings. The summed E-state index contributed by atoms with van der Waals surface area (Å²) in [6.07, 6.45) is 1.49. The zero-order chi connectivity index (χ0) is 11.2. The van der Waals surface area contributed by atoms with Crippen LogP contribution >= 0.6 is 0 Å². The summed E-state index contributed by atoms with van der Waals surface area (Å²) in [5.41, 5.74) is 1.46. The first kappa shape index (κ1) is 10.4. The maximum Gasteiger partial charge on any atom is 0.169 e. The van der Waals surface area contributed by atoms with Gasteiger partial charge < -0.3 is 9.72 Å². The molecule has 1 aromatic heterocycles. The van der Waals surface area contributed by atoms with Gasteiger partial charge in [0.2, 0.25) is 0 Å². The third-order valence-electron chi connectivity index (χ3n) is 2.15. The molecule has 0 radical (unpaired) electrons. The van der Waals surface area contributed by atoms with E-state index in [2.05, 4.69) is 14.7 Å². The first-order valence-electron chi connectivity index (χ1n) is 5.09. The molecule has 1 aliphatic heterocycles. The molecule has 16 heavy (non-hydrogen) atoms. The minimum absolute atomic E-state index is 0.448. The molecule has 0 saturated carbocycles. The lowest BCUT2D eigenvalue weighted by Gasteiger charge is -1.94. The Morgan fingerprint density at radius 3 is 2.75 bits per heavy atom. The minimum atomic E-state index is 0.448. The molecule has 0 atom stereocenters. The van der Waals surface area contributed by atoms with Gasteiger partial charge in [-0.1, -0.05) is 18.2 Å². The summed E-state index contributed by atoms with van der Waals surface area (Å²) in [4.78, 5) is 6.69. The van der Waals surface area contributed by atoms with E-state index in [9.17, 15) is 0 Å². The summed E-state index contributed by atoms with van der Waals surface area (Å²) in [5, 5.41) is 8.46. The molecule has 0 aliphatic carbocycles. The van der Waals surface area contributed by atoms with Crippen LogP contribution in [0.3, 0.4) is 0 Å². The van der Waals surface area contributed by atoms with E-state index in [0.29, 0.717) is 5.49 Å². The van der Waals surface area contributed by atoms with Crippen molar-refractivity contribution >= 4 is 17.3 Å². The molecule has 4 heteroatoms. The fraction of sp³-hybridized carbons (Fsp3) is 0.167. The topological polar surface area (TPSA) is 61.2 Å². The number of aliphatic imine (C=N–C) groups is 1. The molecule has 2 heterocycles. The van der Waals surface area contributed by atoms with Crippen LogP contribution in [-0.4, -0.2) is 24.5 Å². The average Bonchev–Trinajstić information content (AvgIpc) is 2.87. The molecule has 0 bridgehead atoms. The van der Waals surface area contributed by atoms with Gasteiger partial charge in [-0.2, -0.15) is 0 Å². The third kappa shape index (κ3) is 2.70. The summed E-state index contributed by atoms with van der Waals surface area (Å²) in [5.74, 6) is 0. The highest BCUT2D eigenvalue weighted by molar-refractivity contribution is 5.77. The van der Waals surface area contributed by atoms with Gasteiger partial charge in [-0.25, -0.2) is 0 Å². The number of H-pyrrole nitrogens is 1. The number of hydrogen-bond donors (Lipinski definition) is 2. The number of benzene rings is 1. The third-order valence-corrected chi connectivity index (χ3v) is 2.15. The van der Waals surface area contributed by atoms with Crippen molar-refractivity contribution in [3.05, 3.63) is 41.9 Å². The number of nitrogens with zero attached hydrogens (tertiary/aromatic N) is 1. The van der Waals surface area contributed by atoms with Gasteiger partial charge in [-0.05, 0) is 23.6 Å². The van der Waals surface area contributed by atoms with Gasteiger partial charge in [0, 0.05) is 5.52 Å². The van der Waals surface area contributed by atoms with E-state index >= 15 is 0 Å². The second-order valence-electron chi connectivity index (χ2n) is 3.34. The molecule has 0 spiro atoms. The maximum atomic E-state index is 7.32. The number of para-hydroxylation sites is 1. The fourth-order valence-corrected chi connectivity index (χ4v) is 1.38. The lowest BCUT2D eigenvalue weighted by molar-refractivity contribution is 0.361. The van der Waals surface area contributed by atoms with E-state index in [-0.39, 0.29) is 0 Å². The van der Waals surface area contributed by atoms with Crippen LogP contribution in [0.4, 0.5) is 0 Å². The molecule has 1 aromatic carbocycles. The SMILES string of the molecule is C1=NCCO1.N=c1ccc2ccccc2[nH]1. The van der Waals surface area contributed by atoms with Crippen LogP contribution < -0.4 is 5.49 Å². The summed E-state index contributed by atoms with van der Waals surface area (Å²) in [6.45, 7) is 1.62. The molecule has 1 aliphatic rings. The maximum absolute atomic E-state index is 7.32. The molecule has 82 valence electrons. The van der Waals surface area contributed by atoms with Crippen molar-refractivity contribution in [2.24, 2.45) is 4.99 Å². The van der Waals surface area contributed by atoms with Gasteiger partial charge in [-0.3, -0.25) is 10.4 Å². The Bertz CT molecular complexity index is 539. The number of ether oxygens (including phenoxy) is 1. The van der Waals surface area contributed by atoms with E-state index in [1.54, 1.807) is 6.07 Å². The molecule has 2 N–H and O–H groups in total. The predicted octanol–water partition coefficient (Wildman–Crippen LogP) is 1.69. The second-order valence-corrected chi connectivity index (χ2v) is 3.34. The van der Waals surface area contributed by atoms with Crippen molar-refractivity contribution in [2.75, 3.05) is 13.2 Å². The highest BCUT2D eigenvalue weighted by Gasteiger charge is 1.87. The highest BCUT2D eigenvalue weighted by Crippen LogP contribution is 2.06. The number of aromatic nitrogens is 1.